The fraction of sp³-hybridized carbons (Fsp3) is 1.00. The minimum absolute atomic E-state index is 0.00924. The molecule has 102 valence electrons. The van der Waals surface area contributed by atoms with Gasteiger partial charge in [0.05, 0.1) is 6.61 Å². The molecule has 0 spiro atoms. The summed E-state index contributed by atoms with van der Waals surface area (Å²) in [5.41, 5.74) is 0. The average molecular weight is 256 g/mol. The molecule has 1 heterocycles. The van der Waals surface area contributed by atoms with Gasteiger partial charge in [0.15, 0.2) is 0 Å². The Bertz CT molecular complexity index is 243. The molecule has 0 radical (unpaired) electrons. The van der Waals surface area contributed by atoms with E-state index < -0.39 is 23.9 Å². The third-order valence-corrected chi connectivity index (χ3v) is 3.33. The lowest BCUT2D eigenvalue weighted by molar-refractivity contribution is -0.320. The topological polar surface area (TPSA) is 9.23 Å². The Morgan fingerprint density at radius 2 is 1.71 bits per heavy atom. The first kappa shape index (κ1) is 14.7. The summed E-state index contributed by atoms with van der Waals surface area (Å²) in [5, 5.41) is 0. The van der Waals surface area contributed by atoms with Gasteiger partial charge in [0, 0.05) is 5.92 Å². The fourth-order valence-electron chi connectivity index (χ4n) is 2.03. The van der Waals surface area contributed by atoms with Crippen LogP contribution in [-0.2, 0) is 4.74 Å². The minimum Gasteiger partial charge on any atom is -0.371 e. The molecule has 0 N–H and O–H groups in total. The highest BCUT2D eigenvalue weighted by Crippen LogP contribution is 2.47. The highest BCUT2D eigenvalue weighted by molar-refractivity contribution is 4.98. The normalized spacial score (nSPS) is 31.4. The van der Waals surface area contributed by atoms with Crippen LogP contribution < -0.4 is 0 Å². The molecule has 17 heavy (non-hydrogen) atoms. The molecule has 0 aliphatic carbocycles. The second kappa shape index (κ2) is 5.55. The number of hydrogen-bond acceptors (Lipinski definition) is 1. The average Bonchev–Trinajstić information content (AvgIpc) is 2.25. The zero-order valence-electron chi connectivity index (χ0n) is 10.3. The molecular formula is C12H20F4O. The van der Waals surface area contributed by atoms with Crippen molar-refractivity contribution in [1.82, 2.24) is 0 Å². The Morgan fingerprint density at radius 3 is 2.29 bits per heavy atom. The second-order valence-corrected chi connectivity index (χ2v) is 4.82. The summed E-state index contributed by atoms with van der Waals surface area (Å²) in [6, 6.07) is 0. The van der Waals surface area contributed by atoms with Gasteiger partial charge in [-0.2, -0.15) is 17.6 Å². The molecule has 1 aliphatic rings. The van der Waals surface area contributed by atoms with Crippen molar-refractivity contribution in [1.29, 1.82) is 0 Å². The number of unbranched alkanes of at least 4 members (excludes halogenated alkanes) is 3. The Balaban J connectivity index is 2.55. The largest absolute Gasteiger partial charge is 0.371 e. The molecular weight excluding hydrogens is 236 g/mol. The maximum absolute atomic E-state index is 13.5. The highest BCUT2D eigenvalue weighted by Gasteiger charge is 2.66. The molecule has 0 amide bonds. The zero-order valence-corrected chi connectivity index (χ0v) is 10.3. The van der Waals surface area contributed by atoms with Gasteiger partial charge in [-0.3, -0.25) is 0 Å². The van der Waals surface area contributed by atoms with Crippen LogP contribution >= 0.6 is 0 Å². The molecule has 1 nitrogen and oxygen atoms in total. The summed E-state index contributed by atoms with van der Waals surface area (Å²) in [7, 11) is 0. The minimum atomic E-state index is -4.04. The van der Waals surface area contributed by atoms with Crippen molar-refractivity contribution in [2.75, 3.05) is 6.61 Å². The molecule has 1 fully saturated rings. The van der Waals surface area contributed by atoms with Gasteiger partial charge in [0.25, 0.3) is 0 Å². The van der Waals surface area contributed by atoms with Gasteiger partial charge in [-0.05, 0) is 6.42 Å². The molecule has 0 saturated carbocycles. The van der Waals surface area contributed by atoms with Crippen LogP contribution in [0.25, 0.3) is 0 Å². The van der Waals surface area contributed by atoms with Gasteiger partial charge in [-0.25, -0.2) is 0 Å². The number of alkyl halides is 4. The maximum atomic E-state index is 13.5. The summed E-state index contributed by atoms with van der Waals surface area (Å²) < 4.78 is 58.7. The molecule has 5 heteroatoms. The van der Waals surface area contributed by atoms with Crippen molar-refractivity contribution in [2.24, 2.45) is 5.92 Å². The SMILES string of the molecule is CCCCCC[C@H]1OC[C@H](C)C(F)(F)C1(F)F. The van der Waals surface area contributed by atoms with E-state index in [-0.39, 0.29) is 13.0 Å². The van der Waals surface area contributed by atoms with Gasteiger partial charge >= 0.3 is 11.8 Å². The zero-order chi connectivity index (χ0) is 13.1. The standard InChI is InChI=1S/C12H20F4O/c1-3-4-5-6-7-10-12(15,16)11(13,14)9(2)8-17-10/h9-10H,3-8H2,1-2H3/t9-,10+/m0/s1. The van der Waals surface area contributed by atoms with E-state index in [0.29, 0.717) is 6.42 Å². The number of hydrogen-bond donors (Lipinski definition) is 0. The Kier molecular flexibility index (Phi) is 4.81. The van der Waals surface area contributed by atoms with Gasteiger partial charge in [0.2, 0.25) is 0 Å². The molecule has 0 bridgehead atoms. The van der Waals surface area contributed by atoms with E-state index in [2.05, 4.69) is 0 Å². The Labute approximate surface area is 99.5 Å². The van der Waals surface area contributed by atoms with Crippen LogP contribution in [0.3, 0.4) is 0 Å². The van der Waals surface area contributed by atoms with Crippen LogP contribution in [0.5, 0.6) is 0 Å². The van der Waals surface area contributed by atoms with E-state index >= 15 is 0 Å². The lowest BCUT2D eigenvalue weighted by atomic mass is 9.89. The summed E-state index contributed by atoms with van der Waals surface area (Å²) in [4.78, 5) is 0. The first-order chi connectivity index (χ1) is 7.84. The highest BCUT2D eigenvalue weighted by atomic mass is 19.3. The molecule has 1 aliphatic heterocycles. The van der Waals surface area contributed by atoms with Crippen LogP contribution in [0.4, 0.5) is 17.6 Å². The van der Waals surface area contributed by atoms with Crippen LogP contribution in [0.15, 0.2) is 0 Å². The van der Waals surface area contributed by atoms with E-state index in [1.54, 1.807) is 0 Å². The van der Waals surface area contributed by atoms with Crippen LogP contribution in [0.1, 0.15) is 46.0 Å². The fourth-order valence-corrected chi connectivity index (χ4v) is 2.03. The van der Waals surface area contributed by atoms with E-state index in [1.165, 1.54) is 0 Å². The van der Waals surface area contributed by atoms with Gasteiger partial charge in [-0.1, -0.05) is 39.5 Å². The monoisotopic (exact) mass is 256 g/mol. The van der Waals surface area contributed by atoms with Crippen molar-refractivity contribution in [3.63, 3.8) is 0 Å². The molecule has 0 aromatic rings. The first-order valence-electron chi connectivity index (χ1n) is 6.21. The smallest absolute Gasteiger partial charge is 0.335 e. The second-order valence-electron chi connectivity index (χ2n) is 4.82. The molecule has 1 saturated heterocycles. The van der Waals surface area contributed by atoms with E-state index in [0.717, 1.165) is 26.2 Å². The predicted octanol–water partition coefficient (Wildman–Crippen LogP) is 4.26. The Hall–Kier alpha value is -0.320. The number of rotatable bonds is 5. The summed E-state index contributed by atoms with van der Waals surface area (Å²) in [5.74, 6) is -9.43. The van der Waals surface area contributed by atoms with Gasteiger partial charge < -0.3 is 4.74 Å². The third-order valence-electron chi connectivity index (χ3n) is 3.33. The summed E-state index contributed by atoms with van der Waals surface area (Å²) >= 11 is 0. The number of ether oxygens (including phenoxy) is 1. The first-order valence-corrected chi connectivity index (χ1v) is 6.21. The van der Waals surface area contributed by atoms with Crippen molar-refractivity contribution < 1.29 is 22.3 Å². The maximum Gasteiger partial charge on any atom is 0.335 e. The van der Waals surface area contributed by atoms with Crippen molar-refractivity contribution in [2.45, 2.75) is 63.9 Å². The van der Waals surface area contributed by atoms with Crippen molar-refractivity contribution >= 4 is 0 Å². The third kappa shape index (κ3) is 2.92. The van der Waals surface area contributed by atoms with Gasteiger partial charge in [0.1, 0.15) is 6.10 Å². The number of halogens is 4. The molecule has 0 aromatic heterocycles. The van der Waals surface area contributed by atoms with E-state index in [9.17, 15) is 17.6 Å². The molecule has 1 rings (SSSR count). The lowest BCUT2D eigenvalue weighted by Gasteiger charge is -2.41. The summed E-state index contributed by atoms with van der Waals surface area (Å²) in [6.07, 6.45) is 1.59. The van der Waals surface area contributed by atoms with Crippen LogP contribution in [0, 0.1) is 5.92 Å². The van der Waals surface area contributed by atoms with Crippen LogP contribution in [-0.4, -0.2) is 24.6 Å². The molecule has 0 aromatic carbocycles. The van der Waals surface area contributed by atoms with Gasteiger partial charge in [-0.15, -0.1) is 0 Å². The molecule has 0 unspecified atom stereocenters. The summed E-state index contributed by atoms with van der Waals surface area (Å²) in [6.45, 7) is 2.81. The van der Waals surface area contributed by atoms with E-state index in [4.69, 9.17) is 4.74 Å². The Morgan fingerprint density at radius 1 is 1.06 bits per heavy atom. The van der Waals surface area contributed by atoms with Crippen molar-refractivity contribution in [3.8, 4) is 0 Å². The predicted molar refractivity (Wildman–Crippen MR) is 57.6 cm³/mol. The molecule has 2 atom stereocenters. The lowest BCUT2D eigenvalue weighted by Crippen LogP contribution is -2.59. The van der Waals surface area contributed by atoms with Crippen LogP contribution in [0.2, 0.25) is 0 Å². The quantitative estimate of drug-likeness (QED) is 0.527. The van der Waals surface area contributed by atoms with E-state index in [1.807, 2.05) is 6.92 Å². The van der Waals surface area contributed by atoms with Crippen molar-refractivity contribution in [3.05, 3.63) is 0 Å².